The number of hydrogen-bond donors (Lipinski definition) is 0. The van der Waals surface area contributed by atoms with E-state index in [-0.39, 0.29) is 0 Å². The van der Waals surface area contributed by atoms with Gasteiger partial charge in [0.25, 0.3) is 0 Å². The minimum Gasteiger partial charge on any atom is -0.496 e. The summed E-state index contributed by atoms with van der Waals surface area (Å²) in [5.74, 6) is 1.97. The zero-order valence-corrected chi connectivity index (χ0v) is 15.9. The van der Waals surface area contributed by atoms with Gasteiger partial charge in [-0.2, -0.15) is 0 Å². The topological polar surface area (TPSA) is 57.4 Å². The highest BCUT2D eigenvalue weighted by molar-refractivity contribution is 6.31. The lowest BCUT2D eigenvalue weighted by Gasteiger charge is -2.35. The second-order valence-corrected chi connectivity index (χ2v) is 7.07. The summed E-state index contributed by atoms with van der Waals surface area (Å²) in [6.07, 6.45) is 2.03. The number of hydrogen-bond acceptors (Lipinski definition) is 5. The molecule has 1 aromatic heterocycles. The average molecular weight is 385 g/mol. The third-order valence-corrected chi connectivity index (χ3v) is 5.48. The summed E-state index contributed by atoms with van der Waals surface area (Å²) in [5, 5.41) is 9.43. The Morgan fingerprint density at radius 3 is 2.56 bits per heavy atom. The summed E-state index contributed by atoms with van der Waals surface area (Å²) < 4.78 is 17.2. The average Bonchev–Trinajstić information content (AvgIpc) is 3.18. The van der Waals surface area contributed by atoms with Gasteiger partial charge in [-0.15, -0.1) is 10.2 Å². The van der Waals surface area contributed by atoms with Gasteiger partial charge in [0.2, 0.25) is 11.8 Å². The van der Waals surface area contributed by atoms with Crippen LogP contribution in [0.3, 0.4) is 0 Å². The van der Waals surface area contributed by atoms with E-state index in [1.54, 1.807) is 7.11 Å². The van der Waals surface area contributed by atoms with Crippen molar-refractivity contribution < 1.29 is 13.9 Å². The van der Waals surface area contributed by atoms with Gasteiger partial charge in [-0.25, -0.2) is 0 Å². The minimum absolute atomic E-state index is 0.414. The molecule has 27 heavy (non-hydrogen) atoms. The molecule has 0 atom stereocenters. The molecular weight excluding hydrogens is 364 g/mol. The summed E-state index contributed by atoms with van der Waals surface area (Å²) in [6, 6.07) is 15.7. The highest BCUT2D eigenvalue weighted by Crippen LogP contribution is 2.43. The molecule has 6 heteroatoms. The van der Waals surface area contributed by atoms with Crippen LogP contribution in [-0.4, -0.2) is 30.5 Å². The molecule has 0 radical (unpaired) electrons. The molecular formula is C21H21ClN2O3. The SMILES string of the molecule is COc1ccccc1Cc1nnc(C2(c3ccccc3Cl)CCOCC2)o1. The molecule has 0 amide bonds. The van der Waals surface area contributed by atoms with Crippen molar-refractivity contribution in [1.82, 2.24) is 10.2 Å². The first-order valence-electron chi connectivity index (χ1n) is 9.00. The van der Waals surface area contributed by atoms with Crippen molar-refractivity contribution in [2.24, 2.45) is 0 Å². The Morgan fingerprint density at radius 2 is 1.78 bits per heavy atom. The van der Waals surface area contributed by atoms with Gasteiger partial charge in [0, 0.05) is 23.8 Å². The van der Waals surface area contributed by atoms with E-state index in [4.69, 9.17) is 25.5 Å². The van der Waals surface area contributed by atoms with E-state index < -0.39 is 5.41 Å². The first kappa shape index (κ1) is 18.0. The van der Waals surface area contributed by atoms with Gasteiger partial charge in [-0.3, -0.25) is 0 Å². The predicted octanol–water partition coefficient (Wildman–Crippen LogP) is 4.42. The Morgan fingerprint density at radius 1 is 1.04 bits per heavy atom. The number of para-hydroxylation sites is 1. The van der Waals surface area contributed by atoms with Crippen LogP contribution in [0.2, 0.25) is 5.02 Å². The normalized spacial score (nSPS) is 16.2. The zero-order valence-electron chi connectivity index (χ0n) is 15.2. The van der Waals surface area contributed by atoms with E-state index in [1.165, 1.54) is 0 Å². The van der Waals surface area contributed by atoms with Crippen LogP contribution in [0.1, 0.15) is 35.7 Å². The maximum atomic E-state index is 6.53. The van der Waals surface area contributed by atoms with Crippen LogP contribution >= 0.6 is 11.6 Å². The van der Waals surface area contributed by atoms with Gasteiger partial charge in [-0.05, 0) is 30.5 Å². The molecule has 1 saturated heterocycles. The van der Waals surface area contributed by atoms with Crippen LogP contribution in [0.4, 0.5) is 0 Å². The smallest absolute Gasteiger partial charge is 0.227 e. The third-order valence-electron chi connectivity index (χ3n) is 5.15. The summed E-state index contributed by atoms with van der Waals surface area (Å²) in [4.78, 5) is 0. The molecule has 0 aliphatic carbocycles. The van der Waals surface area contributed by atoms with Crippen molar-refractivity contribution >= 4 is 11.6 Å². The molecule has 140 valence electrons. The Bertz CT molecular complexity index is 919. The van der Waals surface area contributed by atoms with Gasteiger partial charge in [0.15, 0.2) is 0 Å². The van der Waals surface area contributed by atoms with E-state index in [0.29, 0.717) is 36.4 Å². The summed E-state index contributed by atoms with van der Waals surface area (Å²) in [7, 11) is 1.66. The van der Waals surface area contributed by atoms with Gasteiger partial charge >= 0.3 is 0 Å². The fourth-order valence-corrected chi connectivity index (χ4v) is 4.01. The number of halogens is 1. The molecule has 1 aliphatic rings. The number of nitrogens with zero attached hydrogens (tertiary/aromatic N) is 2. The lowest BCUT2D eigenvalue weighted by molar-refractivity contribution is 0.0541. The molecule has 3 aromatic rings. The zero-order chi connectivity index (χ0) is 18.7. The van der Waals surface area contributed by atoms with Crippen molar-refractivity contribution in [3.63, 3.8) is 0 Å². The molecule has 1 aliphatic heterocycles. The summed E-state index contributed by atoms with van der Waals surface area (Å²) in [6.45, 7) is 1.27. The van der Waals surface area contributed by atoms with E-state index in [2.05, 4.69) is 10.2 Å². The Kier molecular flexibility index (Phi) is 5.14. The molecule has 0 N–H and O–H groups in total. The predicted molar refractivity (Wildman–Crippen MR) is 102 cm³/mol. The number of benzene rings is 2. The Balaban J connectivity index is 1.70. The minimum atomic E-state index is -0.414. The number of aromatic nitrogens is 2. The largest absolute Gasteiger partial charge is 0.496 e. The number of ether oxygens (including phenoxy) is 2. The fraction of sp³-hybridized carbons (Fsp3) is 0.333. The maximum absolute atomic E-state index is 6.53. The maximum Gasteiger partial charge on any atom is 0.227 e. The second kappa shape index (κ2) is 7.71. The first-order chi connectivity index (χ1) is 13.2. The van der Waals surface area contributed by atoms with Crippen molar-refractivity contribution in [2.45, 2.75) is 24.7 Å². The van der Waals surface area contributed by atoms with Crippen molar-refractivity contribution in [2.75, 3.05) is 20.3 Å². The quantitative estimate of drug-likeness (QED) is 0.651. The van der Waals surface area contributed by atoms with Crippen molar-refractivity contribution in [3.8, 4) is 5.75 Å². The van der Waals surface area contributed by atoms with Crippen molar-refractivity contribution in [1.29, 1.82) is 0 Å². The number of rotatable bonds is 5. The van der Waals surface area contributed by atoms with Crippen LogP contribution in [0.25, 0.3) is 0 Å². The van der Waals surface area contributed by atoms with E-state index in [0.717, 1.165) is 29.7 Å². The molecule has 0 saturated carbocycles. The molecule has 4 rings (SSSR count). The second-order valence-electron chi connectivity index (χ2n) is 6.66. The van der Waals surface area contributed by atoms with Crippen molar-refractivity contribution in [3.05, 3.63) is 76.5 Å². The highest BCUT2D eigenvalue weighted by atomic mass is 35.5. The van der Waals surface area contributed by atoms with E-state index in [9.17, 15) is 0 Å². The van der Waals surface area contributed by atoms with Gasteiger partial charge < -0.3 is 13.9 Å². The monoisotopic (exact) mass is 384 g/mol. The van der Waals surface area contributed by atoms with E-state index >= 15 is 0 Å². The molecule has 0 spiro atoms. The standard InChI is InChI=1S/C21H21ClN2O3/c1-25-18-9-5-2-6-15(18)14-19-23-24-20(27-19)21(10-12-26-13-11-21)16-7-3-4-8-17(16)22/h2-9H,10-14H2,1H3. The van der Waals surface area contributed by atoms with Crippen LogP contribution in [0.15, 0.2) is 52.9 Å². The lowest BCUT2D eigenvalue weighted by Crippen LogP contribution is -2.35. The molecule has 5 nitrogen and oxygen atoms in total. The molecule has 2 aromatic carbocycles. The highest BCUT2D eigenvalue weighted by Gasteiger charge is 2.42. The van der Waals surface area contributed by atoms with Crippen LogP contribution < -0.4 is 4.74 Å². The van der Waals surface area contributed by atoms with Gasteiger partial charge in [-0.1, -0.05) is 48.0 Å². The Hall–Kier alpha value is -2.37. The van der Waals surface area contributed by atoms with E-state index in [1.807, 2.05) is 48.5 Å². The van der Waals surface area contributed by atoms with Crippen LogP contribution in [-0.2, 0) is 16.6 Å². The first-order valence-corrected chi connectivity index (χ1v) is 9.38. The molecule has 0 bridgehead atoms. The Labute approximate surface area is 163 Å². The molecule has 0 unspecified atom stereocenters. The lowest BCUT2D eigenvalue weighted by atomic mass is 9.74. The van der Waals surface area contributed by atoms with Gasteiger partial charge in [0.1, 0.15) is 5.75 Å². The summed E-state index contributed by atoms with van der Waals surface area (Å²) >= 11 is 6.53. The molecule has 2 heterocycles. The van der Waals surface area contributed by atoms with Crippen LogP contribution in [0.5, 0.6) is 5.75 Å². The van der Waals surface area contributed by atoms with Crippen LogP contribution in [0, 0.1) is 0 Å². The number of methoxy groups -OCH3 is 1. The third kappa shape index (κ3) is 3.45. The summed E-state index contributed by atoms with van der Waals surface area (Å²) in [5.41, 5.74) is 1.61. The molecule has 1 fully saturated rings. The fourth-order valence-electron chi connectivity index (χ4n) is 3.70. The van der Waals surface area contributed by atoms with Gasteiger partial charge in [0.05, 0.1) is 18.9 Å².